The smallest absolute Gasteiger partial charge is 0.325 e. The minimum absolute atomic E-state index is 0.0886. The summed E-state index contributed by atoms with van der Waals surface area (Å²) in [6.07, 6.45) is 0.884. The number of carbonyl (C=O) groups excluding carboxylic acids is 2. The largest absolute Gasteiger partial charge is 0.326 e. The molecule has 7 nitrogen and oxygen atoms in total. The van der Waals surface area contributed by atoms with Crippen molar-refractivity contribution in [2.24, 2.45) is 0 Å². The highest BCUT2D eigenvalue weighted by molar-refractivity contribution is 7.95. The second-order valence-corrected chi connectivity index (χ2v) is 11.2. The molecule has 202 valence electrons. The standard InChI is InChI=1S/C28H27F2N5O2S2/c1-34(23-7-8-26-24(15-23)31-17-38-26)27(36)25(13-18-11-21(29)14-22(30)12-18)32-28(37)33-39-35-10-9-20(16-35)19-5-3-2-4-6-19/h2-8,11-12,14-15,17,20,25H,9-10,13,16H2,1H3,(H2,32,33,37)/t20?,25-/m0/s1. The van der Waals surface area contributed by atoms with Crippen LogP contribution in [0, 0.1) is 11.6 Å². The van der Waals surface area contributed by atoms with Crippen LogP contribution in [0.5, 0.6) is 0 Å². The summed E-state index contributed by atoms with van der Waals surface area (Å²) in [6, 6.07) is 17.1. The van der Waals surface area contributed by atoms with Gasteiger partial charge in [0.05, 0.1) is 15.7 Å². The van der Waals surface area contributed by atoms with E-state index in [2.05, 4.69) is 31.5 Å². The van der Waals surface area contributed by atoms with Gasteiger partial charge in [0.1, 0.15) is 17.7 Å². The van der Waals surface area contributed by atoms with Crippen LogP contribution in [0.2, 0.25) is 0 Å². The van der Waals surface area contributed by atoms with Gasteiger partial charge in [-0.05, 0) is 53.8 Å². The van der Waals surface area contributed by atoms with Crippen molar-refractivity contribution in [3.63, 3.8) is 0 Å². The highest BCUT2D eigenvalue weighted by Gasteiger charge is 2.28. The zero-order valence-electron chi connectivity index (χ0n) is 21.1. The van der Waals surface area contributed by atoms with Gasteiger partial charge >= 0.3 is 6.03 Å². The summed E-state index contributed by atoms with van der Waals surface area (Å²) >= 11 is 2.67. The van der Waals surface area contributed by atoms with E-state index in [4.69, 9.17) is 0 Å². The molecule has 0 aliphatic carbocycles. The Labute approximate surface area is 233 Å². The normalized spacial score (nSPS) is 16.2. The molecule has 1 saturated heterocycles. The first-order chi connectivity index (χ1) is 18.9. The summed E-state index contributed by atoms with van der Waals surface area (Å²) < 4.78 is 33.6. The Bertz CT molecular complexity index is 1450. The zero-order valence-corrected chi connectivity index (χ0v) is 22.8. The van der Waals surface area contributed by atoms with Crippen molar-refractivity contribution < 1.29 is 18.4 Å². The number of fused-ring (bicyclic) bond motifs is 1. The lowest BCUT2D eigenvalue weighted by Crippen LogP contribution is -2.51. The lowest BCUT2D eigenvalue weighted by atomic mass is 9.99. The van der Waals surface area contributed by atoms with Crippen LogP contribution in [0.1, 0.15) is 23.5 Å². The third-order valence-electron chi connectivity index (χ3n) is 6.69. The Balaban J connectivity index is 1.26. The number of hydrogen-bond acceptors (Lipinski definition) is 6. The van der Waals surface area contributed by atoms with Crippen molar-refractivity contribution >= 4 is 51.3 Å². The Kier molecular flexibility index (Phi) is 8.39. The summed E-state index contributed by atoms with van der Waals surface area (Å²) in [5.74, 6) is -1.55. The molecule has 1 unspecified atom stereocenters. The Morgan fingerprint density at radius 3 is 2.67 bits per heavy atom. The quantitative estimate of drug-likeness (QED) is 0.275. The first-order valence-electron chi connectivity index (χ1n) is 12.4. The highest BCUT2D eigenvalue weighted by Crippen LogP contribution is 2.30. The molecule has 3 amide bonds. The minimum Gasteiger partial charge on any atom is -0.325 e. The topological polar surface area (TPSA) is 77.6 Å². The van der Waals surface area contributed by atoms with Crippen LogP contribution in [-0.4, -0.2) is 47.4 Å². The third kappa shape index (κ3) is 6.73. The molecule has 5 rings (SSSR count). The van der Waals surface area contributed by atoms with Crippen molar-refractivity contribution in [3.8, 4) is 0 Å². The van der Waals surface area contributed by atoms with Crippen LogP contribution in [0.15, 0.2) is 72.2 Å². The number of urea groups is 1. The molecule has 1 aromatic heterocycles. The van der Waals surface area contributed by atoms with Crippen LogP contribution in [0.25, 0.3) is 10.2 Å². The number of anilines is 1. The van der Waals surface area contributed by atoms with Gasteiger partial charge in [0.25, 0.3) is 0 Å². The SMILES string of the molecule is CN(C(=O)[C@H](Cc1cc(F)cc(F)c1)NC(=O)NSN1CCC(c2ccccc2)C1)c1ccc2scnc2c1. The van der Waals surface area contributed by atoms with Crippen molar-refractivity contribution in [2.45, 2.75) is 24.8 Å². The Morgan fingerprint density at radius 1 is 1.13 bits per heavy atom. The van der Waals surface area contributed by atoms with E-state index in [0.717, 1.165) is 47.9 Å². The van der Waals surface area contributed by atoms with E-state index in [1.54, 1.807) is 24.7 Å². The first-order valence-corrected chi connectivity index (χ1v) is 14.1. The van der Waals surface area contributed by atoms with Gasteiger partial charge in [0.2, 0.25) is 5.91 Å². The second kappa shape index (κ2) is 12.1. The maximum Gasteiger partial charge on any atom is 0.326 e. The molecule has 3 aromatic carbocycles. The minimum atomic E-state index is -1.07. The van der Waals surface area contributed by atoms with Gasteiger partial charge < -0.3 is 10.2 Å². The molecule has 11 heteroatoms. The van der Waals surface area contributed by atoms with Crippen LogP contribution >= 0.6 is 23.5 Å². The number of hydrogen-bond donors (Lipinski definition) is 2. The van der Waals surface area contributed by atoms with Crippen molar-refractivity contribution in [1.29, 1.82) is 0 Å². The number of rotatable bonds is 8. The molecule has 1 aliphatic heterocycles. The van der Waals surface area contributed by atoms with Crippen LogP contribution in [0.4, 0.5) is 19.3 Å². The third-order valence-corrected chi connectivity index (χ3v) is 8.36. The van der Waals surface area contributed by atoms with Crippen molar-refractivity contribution in [2.75, 3.05) is 25.0 Å². The predicted octanol–water partition coefficient (Wildman–Crippen LogP) is 5.50. The van der Waals surface area contributed by atoms with Gasteiger partial charge in [0, 0.05) is 50.4 Å². The number of likely N-dealkylation sites (N-methyl/N-ethyl adjacent to an activating group) is 1. The lowest BCUT2D eigenvalue weighted by Gasteiger charge is -2.25. The summed E-state index contributed by atoms with van der Waals surface area (Å²) in [7, 11) is 1.59. The molecule has 0 bridgehead atoms. The molecule has 2 atom stereocenters. The van der Waals surface area contributed by atoms with Gasteiger partial charge in [-0.25, -0.2) is 22.9 Å². The lowest BCUT2D eigenvalue weighted by molar-refractivity contribution is -0.120. The van der Waals surface area contributed by atoms with Gasteiger partial charge in [0.15, 0.2) is 0 Å². The average Bonchev–Trinajstić information content (AvgIpc) is 3.60. The fourth-order valence-corrected chi connectivity index (χ4v) is 6.06. The fraction of sp³-hybridized carbons (Fsp3) is 0.250. The van der Waals surface area contributed by atoms with E-state index in [1.165, 1.54) is 33.9 Å². The monoisotopic (exact) mass is 567 g/mol. The second-order valence-electron chi connectivity index (χ2n) is 9.39. The molecule has 0 radical (unpaired) electrons. The van der Waals surface area contributed by atoms with Crippen LogP contribution in [-0.2, 0) is 11.2 Å². The van der Waals surface area contributed by atoms with E-state index in [-0.39, 0.29) is 12.0 Å². The summed E-state index contributed by atoms with van der Waals surface area (Å²) in [5.41, 5.74) is 4.59. The van der Waals surface area contributed by atoms with E-state index < -0.39 is 29.6 Å². The number of halogens is 2. The molecule has 0 spiro atoms. The van der Waals surface area contributed by atoms with E-state index in [9.17, 15) is 18.4 Å². The summed E-state index contributed by atoms with van der Waals surface area (Å²) in [6.45, 7) is 1.58. The molecular formula is C28H27F2N5O2S2. The number of aromatic nitrogens is 1. The van der Waals surface area contributed by atoms with Crippen LogP contribution in [0.3, 0.4) is 0 Å². The fourth-order valence-electron chi connectivity index (χ4n) is 4.68. The summed E-state index contributed by atoms with van der Waals surface area (Å²) in [5, 5.41) is 2.71. The van der Waals surface area contributed by atoms with Crippen molar-refractivity contribution in [3.05, 3.63) is 95.0 Å². The number of thiazole rings is 1. The number of benzene rings is 3. The molecule has 39 heavy (non-hydrogen) atoms. The van der Waals surface area contributed by atoms with E-state index >= 15 is 0 Å². The molecule has 4 aromatic rings. The number of carbonyl (C=O) groups is 2. The Hall–Kier alpha value is -3.54. The number of amides is 3. The molecule has 1 fully saturated rings. The van der Waals surface area contributed by atoms with Crippen molar-refractivity contribution in [1.82, 2.24) is 19.3 Å². The van der Waals surface area contributed by atoms with Gasteiger partial charge in [-0.1, -0.05) is 30.3 Å². The molecule has 1 aliphatic rings. The molecule has 2 N–H and O–H groups in total. The van der Waals surface area contributed by atoms with Crippen LogP contribution < -0.4 is 14.9 Å². The molecular weight excluding hydrogens is 540 g/mol. The van der Waals surface area contributed by atoms with Gasteiger partial charge in [-0.15, -0.1) is 11.3 Å². The molecule has 0 saturated carbocycles. The maximum absolute atomic E-state index is 13.9. The van der Waals surface area contributed by atoms with Gasteiger partial charge in [-0.2, -0.15) is 0 Å². The Morgan fingerprint density at radius 2 is 1.90 bits per heavy atom. The van der Waals surface area contributed by atoms with Gasteiger partial charge in [-0.3, -0.25) is 9.52 Å². The predicted molar refractivity (Wildman–Crippen MR) is 152 cm³/mol. The number of nitrogens with one attached hydrogen (secondary N) is 2. The van der Waals surface area contributed by atoms with E-state index in [0.29, 0.717) is 11.6 Å². The average molecular weight is 568 g/mol. The maximum atomic E-state index is 13.9. The number of nitrogens with zero attached hydrogens (tertiary/aromatic N) is 3. The molecule has 2 heterocycles. The first kappa shape index (κ1) is 27.0. The summed E-state index contributed by atoms with van der Waals surface area (Å²) in [4.78, 5) is 32.2. The zero-order chi connectivity index (χ0) is 27.4. The van der Waals surface area contributed by atoms with E-state index in [1.807, 2.05) is 24.3 Å². The highest BCUT2D eigenvalue weighted by atomic mass is 32.2.